The maximum Gasteiger partial charge on any atom is 0.197 e. The first-order valence-corrected chi connectivity index (χ1v) is 9.12. The molecule has 3 aromatic rings. The highest BCUT2D eigenvalue weighted by Gasteiger charge is 2.37. The van der Waals surface area contributed by atoms with Crippen LogP contribution in [0.5, 0.6) is 11.5 Å². The van der Waals surface area contributed by atoms with Crippen LogP contribution in [0, 0.1) is 0 Å². The summed E-state index contributed by atoms with van der Waals surface area (Å²) in [7, 11) is 0. The number of ether oxygens (including phenoxy) is 1. The standard InChI is InChI=1S/C21H21BrO4/c1-20(2,22)21(3,4)26-14-10-15(23)19-16(24)12-17(25-18(19)11-14)13-8-6-5-7-9-13/h5-12,23H,1-4H3. The van der Waals surface area contributed by atoms with Gasteiger partial charge in [0.25, 0.3) is 0 Å². The summed E-state index contributed by atoms with van der Waals surface area (Å²) in [6.45, 7) is 7.89. The normalized spacial score (nSPS) is 12.3. The summed E-state index contributed by atoms with van der Waals surface area (Å²) < 4.78 is 11.7. The molecule has 5 heteroatoms. The summed E-state index contributed by atoms with van der Waals surface area (Å²) >= 11 is 3.62. The summed E-state index contributed by atoms with van der Waals surface area (Å²) in [5.74, 6) is 0.717. The number of fused-ring (bicyclic) bond motifs is 1. The van der Waals surface area contributed by atoms with Crippen molar-refractivity contribution >= 4 is 26.9 Å². The van der Waals surface area contributed by atoms with Gasteiger partial charge in [-0.15, -0.1) is 0 Å². The zero-order valence-corrected chi connectivity index (χ0v) is 16.8. The fraction of sp³-hybridized carbons (Fsp3) is 0.286. The molecule has 0 saturated heterocycles. The predicted octanol–water partition coefficient (Wildman–Crippen LogP) is 5.50. The van der Waals surface area contributed by atoms with Gasteiger partial charge in [0.2, 0.25) is 0 Å². The second-order valence-corrected chi connectivity index (χ2v) is 9.22. The molecule has 136 valence electrons. The summed E-state index contributed by atoms with van der Waals surface area (Å²) in [5, 5.41) is 10.5. The van der Waals surface area contributed by atoms with Crippen molar-refractivity contribution in [3.05, 3.63) is 58.8 Å². The predicted molar refractivity (Wildman–Crippen MR) is 107 cm³/mol. The van der Waals surface area contributed by atoms with Crippen LogP contribution in [0.25, 0.3) is 22.3 Å². The van der Waals surface area contributed by atoms with Gasteiger partial charge in [0, 0.05) is 23.8 Å². The molecule has 1 heterocycles. The van der Waals surface area contributed by atoms with Gasteiger partial charge in [0.15, 0.2) is 5.43 Å². The number of hydrogen-bond donors (Lipinski definition) is 1. The summed E-state index contributed by atoms with van der Waals surface area (Å²) in [6.07, 6.45) is 0. The maximum atomic E-state index is 12.5. The Bertz CT molecular complexity index is 998. The van der Waals surface area contributed by atoms with E-state index >= 15 is 0 Å². The van der Waals surface area contributed by atoms with Gasteiger partial charge < -0.3 is 14.3 Å². The Balaban J connectivity index is 2.14. The van der Waals surface area contributed by atoms with Crippen molar-refractivity contribution in [1.82, 2.24) is 0 Å². The van der Waals surface area contributed by atoms with Gasteiger partial charge in [-0.05, 0) is 27.7 Å². The summed E-state index contributed by atoms with van der Waals surface area (Å²) in [5.41, 5.74) is 0.216. The van der Waals surface area contributed by atoms with Crippen LogP contribution in [0.15, 0.2) is 57.7 Å². The minimum Gasteiger partial charge on any atom is -0.507 e. The van der Waals surface area contributed by atoms with Crippen LogP contribution in [-0.2, 0) is 0 Å². The highest BCUT2D eigenvalue weighted by atomic mass is 79.9. The Morgan fingerprint density at radius 1 is 1.04 bits per heavy atom. The smallest absolute Gasteiger partial charge is 0.197 e. The van der Waals surface area contributed by atoms with Gasteiger partial charge in [-0.1, -0.05) is 46.3 Å². The maximum absolute atomic E-state index is 12.5. The first-order valence-electron chi connectivity index (χ1n) is 8.33. The quantitative estimate of drug-likeness (QED) is 0.570. The van der Waals surface area contributed by atoms with Crippen molar-refractivity contribution in [3.63, 3.8) is 0 Å². The average Bonchev–Trinajstić information content (AvgIpc) is 2.53. The highest BCUT2D eigenvalue weighted by molar-refractivity contribution is 9.10. The van der Waals surface area contributed by atoms with Gasteiger partial charge in [0.1, 0.15) is 33.8 Å². The molecule has 0 unspecified atom stereocenters. The van der Waals surface area contributed by atoms with E-state index in [0.29, 0.717) is 11.5 Å². The molecule has 0 atom stereocenters. The Kier molecular flexibility index (Phi) is 4.61. The number of alkyl halides is 1. The van der Waals surface area contributed by atoms with Crippen LogP contribution >= 0.6 is 15.9 Å². The van der Waals surface area contributed by atoms with E-state index in [0.717, 1.165) is 5.56 Å². The van der Waals surface area contributed by atoms with Gasteiger partial charge in [-0.3, -0.25) is 4.79 Å². The van der Waals surface area contributed by atoms with Gasteiger partial charge in [-0.2, -0.15) is 0 Å². The number of rotatable bonds is 4. The molecule has 3 rings (SSSR count). The molecule has 0 spiro atoms. The van der Waals surface area contributed by atoms with Crippen molar-refractivity contribution in [2.24, 2.45) is 0 Å². The molecule has 0 aliphatic carbocycles. The summed E-state index contributed by atoms with van der Waals surface area (Å²) in [4.78, 5) is 12.5. The number of benzene rings is 2. The van der Waals surface area contributed by atoms with E-state index < -0.39 is 5.60 Å². The zero-order valence-electron chi connectivity index (χ0n) is 15.2. The van der Waals surface area contributed by atoms with Crippen LogP contribution in [0.3, 0.4) is 0 Å². The first-order chi connectivity index (χ1) is 12.1. The number of halogens is 1. The fourth-order valence-corrected chi connectivity index (χ4v) is 2.54. The van der Waals surface area contributed by atoms with E-state index in [2.05, 4.69) is 15.9 Å². The van der Waals surface area contributed by atoms with Crippen molar-refractivity contribution in [1.29, 1.82) is 0 Å². The molecule has 2 aromatic carbocycles. The Morgan fingerprint density at radius 3 is 2.31 bits per heavy atom. The van der Waals surface area contributed by atoms with Crippen LogP contribution in [0.1, 0.15) is 27.7 Å². The van der Waals surface area contributed by atoms with Crippen LogP contribution in [0.2, 0.25) is 0 Å². The third-order valence-corrected chi connectivity index (χ3v) is 5.60. The lowest BCUT2D eigenvalue weighted by Crippen LogP contribution is -2.45. The molecular formula is C21H21BrO4. The van der Waals surface area contributed by atoms with Crippen molar-refractivity contribution < 1.29 is 14.3 Å². The molecule has 0 aliphatic heterocycles. The molecule has 4 nitrogen and oxygen atoms in total. The molecule has 0 radical (unpaired) electrons. The lowest BCUT2D eigenvalue weighted by molar-refractivity contribution is 0.0796. The Hall–Kier alpha value is -2.27. The Morgan fingerprint density at radius 2 is 1.69 bits per heavy atom. The largest absolute Gasteiger partial charge is 0.507 e. The number of hydrogen-bond acceptors (Lipinski definition) is 4. The van der Waals surface area contributed by atoms with E-state index in [1.807, 2.05) is 58.0 Å². The molecule has 26 heavy (non-hydrogen) atoms. The monoisotopic (exact) mass is 416 g/mol. The van der Waals surface area contributed by atoms with E-state index in [1.54, 1.807) is 6.07 Å². The zero-order chi connectivity index (χ0) is 19.1. The third-order valence-electron chi connectivity index (χ3n) is 4.65. The van der Waals surface area contributed by atoms with Crippen molar-refractivity contribution in [2.75, 3.05) is 0 Å². The number of aromatic hydroxyl groups is 1. The molecule has 0 amide bonds. The molecule has 0 fully saturated rings. The van der Waals surface area contributed by atoms with Gasteiger partial charge >= 0.3 is 0 Å². The van der Waals surface area contributed by atoms with Gasteiger partial charge in [0.05, 0.1) is 4.32 Å². The van der Waals surface area contributed by atoms with Crippen molar-refractivity contribution in [3.8, 4) is 22.8 Å². The minimum atomic E-state index is -0.565. The van der Waals surface area contributed by atoms with E-state index in [9.17, 15) is 9.90 Å². The van der Waals surface area contributed by atoms with Gasteiger partial charge in [-0.25, -0.2) is 0 Å². The lowest BCUT2D eigenvalue weighted by atomic mass is 9.94. The molecule has 1 aromatic heterocycles. The molecule has 1 N–H and O–H groups in total. The highest BCUT2D eigenvalue weighted by Crippen LogP contribution is 2.37. The molecular weight excluding hydrogens is 396 g/mol. The average molecular weight is 417 g/mol. The van der Waals surface area contributed by atoms with E-state index in [1.165, 1.54) is 12.1 Å². The van der Waals surface area contributed by atoms with E-state index in [-0.39, 0.29) is 26.5 Å². The van der Waals surface area contributed by atoms with E-state index in [4.69, 9.17) is 9.15 Å². The third kappa shape index (κ3) is 3.49. The van der Waals surface area contributed by atoms with Crippen LogP contribution < -0.4 is 10.2 Å². The second kappa shape index (κ2) is 6.47. The van der Waals surface area contributed by atoms with Crippen LogP contribution in [-0.4, -0.2) is 15.0 Å². The molecule has 0 aliphatic rings. The summed E-state index contributed by atoms with van der Waals surface area (Å²) in [6, 6.07) is 13.8. The second-order valence-electron chi connectivity index (χ2n) is 7.24. The van der Waals surface area contributed by atoms with Crippen LogP contribution in [0.4, 0.5) is 0 Å². The first kappa shape index (κ1) is 18.5. The molecule has 0 saturated carbocycles. The topological polar surface area (TPSA) is 59.7 Å². The minimum absolute atomic E-state index is 0.146. The fourth-order valence-electron chi connectivity index (χ4n) is 2.46. The van der Waals surface area contributed by atoms with Crippen molar-refractivity contribution in [2.45, 2.75) is 37.6 Å². The number of phenols is 1. The Labute approximate surface area is 160 Å². The SMILES string of the molecule is CC(C)(Br)C(C)(C)Oc1cc(O)c2c(=O)cc(-c3ccccc3)oc2c1. The lowest BCUT2D eigenvalue weighted by Gasteiger charge is -2.37. The molecule has 0 bridgehead atoms. The number of phenolic OH excluding ortho intramolecular Hbond substituents is 1.